The van der Waals surface area contributed by atoms with Crippen LogP contribution in [0.25, 0.3) is 0 Å². The Hall–Kier alpha value is -0.520. The van der Waals surface area contributed by atoms with Crippen molar-refractivity contribution in [2.24, 2.45) is 5.73 Å². The van der Waals surface area contributed by atoms with Gasteiger partial charge >= 0.3 is 0 Å². The monoisotopic (exact) mass is 330 g/mol. The summed E-state index contributed by atoms with van der Waals surface area (Å²) in [4.78, 5) is 12.5. The fourth-order valence-corrected chi connectivity index (χ4v) is 3.14. The van der Waals surface area contributed by atoms with Gasteiger partial charge in [0.1, 0.15) is 0 Å². The van der Waals surface area contributed by atoms with Crippen LogP contribution >= 0.6 is 27.7 Å². The lowest BCUT2D eigenvalue weighted by atomic mass is 10.2. The van der Waals surface area contributed by atoms with Gasteiger partial charge in [-0.05, 0) is 34.5 Å². The summed E-state index contributed by atoms with van der Waals surface area (Å²) < 4.78 is 1.09. The van der Waals surface area contributed by atoms with E-state index in [4.69, 9.17) is 5.73 Å². The highest BCUT2D eigenvalue weighted by Crippen LogP contribution is 2.27. The van der Waals surface area contributed by atoms with Crippen molar-refractivity contribution in [2.75, 3.05) is 5.75 Å². The highest BCUT2D eigenvalue weighted by atomic mass is 79.9. The van der Waals surface area contributed by atoms with Crippen LogP contribution < -0.4 is 11.1 Å². The minimum absolute atomic E-state index is 0.250. The molecular formula is C13H19BrN2OS. The van der Waals surface area contributed by atoms with Gasteiger partial charge in [-0.1, -0.05) is 26.0 Å². The predicted octanol–water partition coefficient (Wildman–Crippen LogP) is 2.78. The molecule has 0 aliphatic carbocycles. The number of nitrogens with one attached hydrogen (secondary N) is 1. The maximum atomic E-state index is 11.3. The maximum Gasteiger partial charge on any atom is 0.234 e. The van der Waals surface area contributed by atoms with Gasteiger partial charge in [-0.2, -0.15) is 0 Å². The number of primary amides is 1. The third-order valence-electron chi connectivity index (χ3n) is 2.38. The van der Waals surface area contributed by atoms with Gasteiger partial charge in [-0.3, -0.25) is 4.79 Å². The average Bonchev–Trinajstić information content (AvgIpc) is 2.29. The van der Waals surface area contributed by atoms with Gasteiger partial charge in [-0.15, -0.1) is 11.8 Å². The Balaban J connectivity index is 2.44. The van der Waals surface area contributed by atoms with Gasteiger partial charge in [0.25, 0.3) is 0 Å². The van der Waals surface area contributed by atoms with E-state index in [1.807, 2.05) is 32.0 Å². The summed E-state index contributed by atoms with van der Waals surface area (Å²) in [6.07, 6.45) is 0.736. The number of carbonyl (C=O) groups excluding carboxylic acids is 1. The van der Waals surface area contributed by atoms with Crippen molar-refractivity contribution < 1.29 is 4.79 Å². The Morgan fingerprint density at radius 2 is 2.11 bits per heavy atom. The molecule has 1 atom stereocenters. The molecule has 18 heavy (non-hydrogen) atoms. The van der Waals surface area contributed by atoms with Gasteiger partial charge in [0.05, 0.1) is 6.04 Å². The molecule has 3 nitrogen and oxygen atoms in total. The van der Waals surface area contributed by atoms with Gasteiger partial charge in [-0.25, -0.2) is 0 Å². The summed E-state index contributed by atoms with van der Waals surface area (Å²) >= 11 is 5.23. The van der Waals surface area contributed by atoms with Gasteiger partial charge in [0.2, 0.25) is 5.91 Å². The minimum atomic E-state index is -0.281. The number of thioether (sulfide) groups is 1. The number of benzene rings is 1. The minimum Gasteiger partial charge on any atom is -0.368 e. The van der Waals surface area contributed by atoms with Crippen molar-refractivity contribution >= 4 is 33.6 Å². The number of hydrogen-bond acceptors (Lipinski definition) is 3. The molecule has 0 fully saturated rings. The molecule has 0 saturated carbocycles. The van der Waals surface area contributed by atoms with Crippen LogP contribution in [0.5, 0.6) is 0 Å². The second kappa shape index (κ2) is 7.81. The van der Waals surface area contributed by atoms with Crippen molar-refractivity contribution in [1.29, 1.82) is 0 Å². The molecule has 0 saturated heterocycles. The topological polar surface area (TPSA) is 55.1 Å². The largest absolute Gasteiger partial charge is 0.368 e. The van der Waals surface area contributed by atoms with Crippen LogP contribution in [0, 0.1) is 0 Å². The zero-order valence-corrected chi connectivity index (χ0v) is 13.1. The second-order valence-electron chi connectivity index (χ2n) is 4.34. The number of nitrogens with two attached hydrogens (primary N) is 1. The third kappa shape index (κ3) is 5.42. The van der Waals surface area contributed by atoms with E-state index in [1.54, 1.807) is 11.8 Å². The zero-order valence-electron chi connectivity index (χ0n) is 10.7. The second-order valence-corrected chi connectivity index (χ2v) is 6.33. The molecule has 1 aromatic rings. The first kappa shape index (κ1) is 15.5. The maximum absolute atomic E-state index is 11.3. The quantitative estimate of drug-likeness (QED) is 0.756. The molecule has 3 N–H and O–H groups in total. The first-order valence-corrected chi connectivity index (χ1v) is 7.71. The average molecular weight is 331 g/mol. The normalized spacial score (nSPS) is 12.7. The SMILES string of the molecule is CC(C)NC(CCSc1ccccc1Br)C(N)=O. The molecule has 0 heterocycles. The van der Waals surface area contributed by atoms with Crippen molar-refractivity contribution in [2.45, 2.75) is 37.2 Å². The van der Waals surface area contributed by atoms with Crippen molar-refractivity contribution in [1.82, 2.24) is 5.32 Å². The molecular weight excluding hydrogens is 312 g/mol. The Labute approximate surface area is 121 Å². The molecule has 5 heteroatoms. The number of amides is 1. The Morgan fingerprint density at radius 3 is 2.67 bits per heavy atom. The highest BCUT2D eigenvalue weighted by molar-refractivity contribution is 9.10. The number of halogens is 1. The summed E-state index contributed by atoms with van der Waals surface area (Å²) in [5.74, 6) is 0.576. The Morgan fingerprint density at radius 1 is 1.44 bits per heavy atom. The van der Waals surface area contributed by atoms with Gasteiger partial charge in [0.15, 0.2) is 0 Å². The lowest BCUT2D eigenvalue weighted by molar-refractivity contribution is -0.120. The zero-order chi connectivity index (χ0) is 13.5. The van der Waals surface area contributed by atoms with E-state index in [0.717, 1.165) is 16.6 Å². The van der Waals surface area contributed by atoms with E-state index in [9.17, 15) is 4.79 Å². The van der Waals surface area contributed by atoms with Crippen LogP contribution in [0.3, 0.4) is 0 Å². The van der Waals surface area contributed by atoms with Gasteiger partial charge < -0.3 is 11.1 Å². The first-order valence-electron chi connectivity index (χ1n) is 5.93. The van der Waals surface area contributed by atoms with Crippen LogP contribution in [0.2, 0.25) is 0 Å². The van der Waals surface area contributed by atoms with E-state index < -0.39 is 0 Å². The van der Waals surface area contributed by atoms with Crippen LogP contribution in [0.4, 0.5) is 0 Å². The van der Waals surface area contributed by atoms with Crippen LogP contribution in [-0.2, 0) is 4.79 Å². The summed E-state index contributed by atoms with van der Waals surface area (Å²) in [6, 6.07) is 8.08. The van der Waals surface area contributed by atoms with Crippen LogP contribution in [0.1, 0.15) is 20.3 Å². The lowest BCUT2D eigenvalue weighted by Gasteiger charge is -2.17. The van der Waals surface area contributed by atoms with E-state index in [1.165, 1.54) is 4.90 Å². The number of hydrogen-bond donors (Lipinski definition) is 2. The predicted molar refractivity (Wildman–Crippen MR) is 80.7 cm³/mol. The van der Waals surface area contributed by atoms with Crippen molar-refractivity contribution in [3.63, 3.8) is 0 Å². The lowest BCUT2D eigenvalue weighted by Crippen LogP contribution is -2.44. The molecule has 0 aliphatic rings. The Kier molecular flexibility index (Phi) is 6.75. The molecule has 1 unspecified atom stereocenters. The third-order valence-corrected chi connectivity index (χ3v) is 4.44. The molecule has 0 spiro atoms. The summed E-state index contributed by atoms with van der Waals surface area (Å²) in [5.41, 5.74) is 5.37. The standard InChI is InChI=1S/C13H19BrN2OS/c1-9(2)16-11(13(15)17)7-8-18-12-6-4-3-5-10(12)14/h3-6,9,11,16H,7-8H2,1-2H3,(H2,15,17). The molecule has 0 aliphatic heterocycles. The summed E-state index contributed by atoms with van der Waals surface area (Å²) in [7, 11) is 0. The number of rotatable bonds is 7. The molecule has 1 amide bonds. The first-order chi connectivity index (χ1) is 8.50. The van der Waals surface area contributed by atoms with Crippen LogP contribution in [-0.4, -0.2) is 23.7 Å². The van der Waals surface area contributed by atoms with E-state index in [0.29, 0.717) is 0 Å². The van der Waals surface area contributed by atoms with E-state index in [-0.39, 0.29) is 18.0 Å². The highest BCUT2D eigenvalue weighted by Gasteiger charge is 2.15. The molecule has 1 rings (SSSR count). The molecule has 100 valence electrons. The van der Waals surface area contributed by atoms with Gasteiger partial charge in [0, 0.05) is 21.2 Å². The number of carbonyl (C=O) groups is 1. The summed E-state index contributed by atoms with van der Waals surface area (Å²) in [5, 5.41) is 3.18. The molecule has 1 aromatic carbocycles. The molecule has 0 aromatic heterocycles. The summed E-state index contributed by atoms with van der Waals surface area (Å²) in [6.45, 7) is 4.02. The van der Waals surface area contributed by atoms with Crippen LogP contribution in [0.15, 0.2) is 33.6 Å². The van der Waals surface area contributed by atoms with Crippen molar-refractivity contribution in [3.05, 3.63) is 28.7 Å². The smallest absolute Gasteiger partial charge is 0.234 e. The molecule has 0 bridgehead atoms. The molecule has 0 radical (unpaired) electrons. The van der Waals surface area contributed by atoms with Crippen molar-refractivity contribution in [3.8, 4) is 0 Å². The van der Waals surface area contributed by atoms with E-state index >= 15 is 0 Å². The van der Waals surface area contributed by atoms with E-state index in [2.05, 4.69) is 27.3 Å². The Bertz CT molecular complexity index is 398. The fourth-order valence-electron chi connectivity index (χ4n) is 1.56. The fraction of sp³-hybridized carbons (Fsp3) is 0.462.